The van der Waals surface area contributed by atoms with Crippen molar-refractivity contribution in [3.05, 3.63) is 30.1 Å². The van der Waals surface area contributed by atoms with Gasteiger partial charge in [0.25, 0.3) is 11.8 Å². The van der Waals surface area contributed by atoms with Crippen molar-refractivity contribution in [1.82, 2.24) is 10.2 Å². The van der Waals surface area contributed by atoms with Crippen molar-refractivity contribution in [3.8, 4) is 0 Å². The molecule has 1 aromatic rings. The number of hydrogen-bond acceptors (Lipinski definition) is 3. The Morgan fingerprint density at radius 2 is 1.81 bits per heavy atom. The van der Waals surface area contributed by atoms with Crippen LogP contribution in [0.1, 0.15) is 20.8 Å². The summed E-state index contributed by atoms with van der Waals surface area (Å²) in [5.74, 6) is -0.216. The lowest BCUT2D eigenvalue weighted by Crippen LogP contribution is -3.14. The first kappa shape index (κ1) is 20.2. The normalized spacial score (nSPS) is 15.9. The molecule has 2 N–H and O–H groups in total. The fourth-order valence-electron chi connectivity index (χ4n) is 3.14. The van der Waals surface area contributed by atoms with Crippen LogP contribution in [0.25, 0.3) is 0 Å². The van der Waals surface area contributed by atoms with E-state index in [1.165, 1.54) is 6.07 Å². The number of carbonyl (C=O) groups excluding carboxylic acids is 2. The van der Waals surface area contributed by atoms with Crippen molar-refractivity contribution in [3.63, 3.8) is 0 Å². The van der Waals surface area contributed by atoms with Crippen LogP contribution in [0.4, 0.5) is 10.1 Å². The Kier molecular flexibility index (Phi) is 7.38. The quantitative estimate of drug-likeness (QED) is 0.710. The first-order valence-corrected chi connectivity index (χ1v) is 9.30. The highest BCUT2D eigenvalue weighted by Crippen LogP contribution is 2.19. The van der Waals surface area contributed by atoms with Crippen molar-refractivity contribution in [2.45, 2.75) is 26.8 Å². The number of nitrogens with zero attached hydrogens (tertiary/aromatic N) is 2. The molecule has 7 heteroatoms. The molecule has 1 aromatic carbocycles. The van der Waals surface area contributed by atoms with Gasteiger partial charge in [-0.15, -0.1) is 0 Å². The number of amides is 2. The minimum Gasteiger partial charge on any atom is -0.366 e. The molecule has 6 nitrogen and oxygen atoms in total. The molecule has 1 aliphatic rings. The summed E-state index contributed by atoms with van der Waals surface area (Å²) in [5.41, 5.74) is 0.589. The summed E-state index contributed by atoms with van der Waals surface area (Å²) < 4.78 is 13.9. The van der Waals surface area contributed by atoms with E-state index in [0.29, 0.717) is 51.5 Å². The summed E-state index contributed by atoms with van der Waals surface area (Å²) in [6, 6.07) is 6.82. The Morgan fingerprint density at radius 1 is 1.15 bits per heavy atom. The monoisotopic (exact) mass is 365 g/mol. The van der Waals surface area contributed by atoms with Crippen molar-refractivity contribution in [1.29, 1.82) is 0 Å². The van der Waals surface area contributed by atoms with Crippen LogP contribution in [0.15, 0.2) is 24.3 Å². The average Bonchev–Trinajstić information content (AvgIpc) is 2.61. The standard InChI is InChI=1S/C19H29FN4O2/c1-4-22(13-18(25)21-15(2)3)14-19(26)24-11-9-23(10-12-24)17-8-6-5-7-16(17)20/h5-8,15H,4,9-14H2,1-3H3,(H,21,25)/p+1. The van der Waals surface area contributed by atoms with E-state index in [-0.39, 0.29) is 23.7 Å². The van der Waals surface area contributed by atoms with Crippen molar-refractivity contribution < 1.29 is 18.9 Å². The smallest absolute Gasteiger partial charge is 0.277 e. The maximum Gasteiger partial charge on any atom is 0.277 e. The Hall–Kier alpha value is -2.15. The number of anilines is 1. The van der Waals surface area contributed by atoms with Gasteiger partial charge in [-0.05, 0) is 32.9 Å². The number of quaternary nitrogens is 1. The topological polar surface area (TPSA) is 57.1 Å². The van der Waals surface area contributed by atoms with Crippen molar-refractivity contribution in [2.75, 3.05) is 50.7 Å². The molecule has 0 saturated carbocycles. The molecule has 0 aromatic heterocycles. The number of carbonyl (C=O) groups is 2. The fourth-order valence-corrected chi connectivity index (χ4v) is 3.14. The SMILES string of the molecule is CC[NH+](CC(=O)NC(C)C)CC(=O)N1CCN(c2ccccc2F)CC1. The van der Waals surface area contributed by atoms with E-state index in [4.69, 9.17) is 0 Å². The van der Waals surface area contributed by atoms with Crippen LogP contribution in [0, 0.1) is 5.82 Å². The van der Waals surface area contributed by atoms with E-state index in [1.807, 2.05) is 36.6 Å². The predicted octanol–water partition coefficient (Wildman–Crippen LogP) is -0.0963. The van der Waals surface area contributed by atoms with Gasteiger partial charge >= 0.3 is 0 Å². The molecular weight excluding hydrogens is 335 g/mol. The third-order valence-electron chi connectivity index (χ3n) is 4.59. The zero-order valence-electron chi connectivity index (χ0n) is 15.9. The summed E-state index contributed by atoms with van der Waals surface area (Å²) >= 11 is 0. The summed E-state index contributed by atoms with van der Waals surface area (Å²) in [5, 5.41) is 2.86. The molecule has 0 aliphatic carbocycles. The number of piperazine rings is 1. The Morgan fingerprint density at radius 3 is 2.38 bits per heavy atom. The number of benzene rings is 1. The molecule has 1 unspecified atom stereocenters. The number of likely N-dealkylation sites (N-methyl/N-ethyl adjacent to an activating group) is 1. The van der Waals surface area contributed by atoms with Gasteiger partial charge in [-0.25, -0.2) is 4.39 Å². The van der Waals surface area contributed by atoms with Gasteiger partial charge in [0.2, 0.25) is 0 Å². The second-order valence-electron chi connectivity index (χ2n) is 7.00. The molecule has 1 aliphatic heterocycles. The minimum atomic E-state index is -0.231. The van der Waals surface area contributed by atoms with Gasteiger partial charge in [0, 0.05) is 32.2 Å². The first-order valence-electron chi connectivity index (χ1n) is 9.30. The Balaban J connectivity index is 1.83. The molecule has 1 heterocycles. The maximum atomic E-state index is 13.9. The maximum absolute atomic E-state index is 13.9. The van der Waals surface area contributed by atoms with Gasteiger partial charge in [-0.3, -0.25) is 9.59 Å². The van der Waals surface area contributed by atoms with Gasteiger partial charge in [-0.1, -0.05) is 12.1 Å². The fraction of sp³-hybridized carbons (Fsp3) is 0.579. The highest BCUT2D eigenvalue weighted by atomic mass is 19.1. The van der Waals surface area contributed by atoms with Crippen LogP contribution in [-0.4, -0.2) is 68.6 Å². The highest BCUT2D eigenvalue weighted by molar-refractivity contribution is 5.79. The Labute approximate surface area is 154 Å². The van der Waals surface area contributed by atoms with E-state index >= 15 is 0 Å². The second kappa shape index (κ2) is 9.52. The predicted molar refractivity (Wildman–Crippen MR) is 99.7 cm³/mol. The van der Waals surface area contributed by atoms with Crippen LogP contribution in [0.2, 0.25) is 0 Å². The lowest BCUT2D eigenvalue weighted by Gasteiger charge is -2.36. The molecule has 0 radical (unpaired) electrons. The molecule has 26 heavy (non-hydrogen) atoms. The first-order chi connectivity index (χ1) is 12.4. The molecule has 2 rings (SSSR count). The van der Waals surface area contributed by atoms with E-state index < -0.39 is 0 Å². The van der Waals surface area contributed by atoms with Crippen LogP contribution >= 0.6 is 0 Å². The van der Waals surface area contributed by atoms with Gasteiger partial charge in [0.05, 0.1) is 12.2 Å². The van der Waals surface area contributed by atoms with E-state index in [1.54, 1.807) is 12.1 Å². The van der Waals surface area contributed by atoms with E-state index in [0.717, 1.165) is 4.90 Å². The van der Waals surface area contributed by atoms with Crippen LogP contribution in [0.5, 0.6) is 0 Å². The molecule has 2 amide bonds. The minimum absolute atomic E-state index is 0.0333. The number of halogens is 1. The van der Waals surface area contributed by atoms with Crippen molar-refractivity contribution in [2.24, 2.45) is 0 Å². The van der Waals surface area contributed by atoms with Crippen molar-refractivity contribution >= 4 is 17.5 Å². The summed E-state index contributed by atoms with van der Waals surface area (Å²) in [4.78, 5) is 29.2. The molecule has 1 fully saturated rings. The number of rotatable bonds is 7. The molecular formula is C19H30FN4O2+. The number of para-hydroxylation sites is 1. The highest BCUT2D eigenvalue weighted by Gasteiger charge is 2.26. The largest absolute Gasteiger partial charge is 0.366 e. The van der Waals surface area contributed by atoms with Gasteiger partial charge in [0.1, 0.15) is 5.82 Å². The lowest BCUT2D eigenvalue weighted by molar-refractivity contribution is -0.882. The number of hydrogen-bond donors (Lipinski definition) is 2. The molecule has 0 spiro atoms. The summed E-state index contributed by atoms with van der Waals surface area (Å²) in [6.45, 7) is 9.51. The van der Waals surface area contributed by atoms with Crippen LogP contribution < -0.4 is 15.1 Å². The molecule has 0 bridgehead atoms. The molecule has 144 valence electrons. The second-order valence-corrected chi connectivity index (χ2v) is 7.00. The number of nitrogens with one attached hydrogen (secondary N) is 2. The van der Waals surface area contributed by atoms with Crippen LogP contribution in [0.3, 0.4) is 0 Å². The zero-order valence-corrected chi connectivity index (χ0v) is 15.9. The van der Waals surface area contributed by atoms with E-state index in [9.17, 15) is 14.0 Å². The summed E-state index contributed by atoms with van der Waals surface area (Å²) in [7, 11) is 0. The average molecular weight is 365 g/mol. The molecule has 1 saturated heterocycles. The molecule has 1 atom stereocenters. The van der Waals surface area contributed by atoms with Crippen LogP contribution in [-0.2, 0) is 9.59 Å². The Bertz CT molecular complexity index is 615. The van der Waals surface area contributed by atoms with Gasteiger partial charge < -0.3 is 20.0 Å². The zero-order chi connectivity index (χ0) is 19.1. The third-order valence-corrected chi connectivity index (χ3v) is 4.59. The third kappa shape index (κ3) is 5.69. The summed E-state index contributed by atoms with van der Waals surface area (Å²) in [6.07, 6.45) is 0. The van der Waals surface area contributed by atoms with E-state index in [2.05, 4.69) is 5.32 Å². The van der Waals surface area contributed by atoms with Gasteiger partial charge in [-0.2, -0.15) is 0 Å². The lowest BCUT2D eigenvalue weighted by atomic mass is 10.2. The van der Waals surface area contributed by atoms with Gasteiger partial charge in [0.15, 0.2) is 13.1 Å².